The number of benzene rings is 1. The third-order valence-corrected chi connectivity index (χ3v) is 5.88. The van der Waals surface area contributed by atoms with Crippen LogP contribution in [0.15, 0.2) is 18.2 Å². The third kappa shape index (κ3) is 5.15. The summed E-state index contributed by atoms with van der Waals surface area (Å²) in [5.41, 5.74) is -0.154. The third-order valence-electron chi connectivity index (χ3n) is 5.88. The predicted octanol–water partition coefficient (Wildman–Crippen LogP) is 3.01. The van der Waals surface area contributed by atoms with Gasteiger partial charge in [0.25, 0.3) is 5.91 Å². The topological polar surface area (TPSA) is 66.9 Å². The van der Waals surface area contributed by atoms with Crippen LogP contribution >= 0.6 is 0 Å². The number of piperidine rings is 2. The molecule has 1 aromatic rings. The molecule has 2 heterocycles. The average molecular weight is 422 g/mol. The SMILES string of the molecule is CCCOC(=O)C1CCN(C(=O)C2CCN(C(=O)c3ccc(F)cc3F)CC2)CC1. The molecule has 0 atom stereocenters. The summed E-state index contributed by atoms with van der Waals surface area (Å²) in [5.74, 6) is -2.54. The van der Waals surface area contributed by atoms with Crippen LogP contribution in [0.5, 0.6) is 0 Å². The standard InChI is InChI=1S/C22H28F2N2O4/c1-2-13-30-22(29)16-7-11-25(12-8-16)20(27)15-5-9-26(10-6-15)21(28)18-4-3-17(23)14-19(18)24/h3-4,14-16H,2,5-13H2,1H3. The van der Waals surface area contributed by atoms with Gasteiger partial charge in [0, 0.05) is 38.2 Å². The van der Waals surface area contributed by atoms with Crippen LogP contribution < -0.4 is 0 Å². The van der Waals surface area contributed by atoms with Crippen molar-refractivity contribution in [2.75, 3.05) is 32.8 Å². The van der Waals surface area contributed by atoms with Gasteiger partial charge in [-0.3, -0.25) is 14.4 Å². The smallest absolute Gasteiger partial charge is 0.309 e. The van der Waals surface area contributed by atoms with E-state index in [2.05, 4.69) is 0 Å². The average Bonchev–Trinajstić information content (AvgIpc) is 2.77. The van der Waals surface area contributed by atoms with Crippen molar-refractivity contribution in [1.82, 2.24) is 9.80 Å². The van der Waals surface area contributed by atoms with Crippen molar-refractivity contribution in [2.24, 2.45) is 11.8 Å². The number of carbonyl (C=O) groups is 3. The Morgan fingerprint density at radius 2 is 1.57 bits per heavy atom. The second kappa shape index (κ2) is 10.00. The van der Waals surface area contributed by atoms with Gasteiger partial charge in [-0.2, -0.15) is 0 Å². The van der Waals surface area contributed by atoms with Gasteiger partial charge in [0.2, 0.25) is 5.91 Å². The lowest BCUT2D eigenvalue weighted by Gasteiger charge is -2.37. The van der Waals surface area contributed by atoms with Crippen molar-refractivity contribution in [1.29, 1.82) is 0 Å². The van der Waals surface area contributed by atoms with Crippen LogP contribution in [0.25, 0.3) is 0 Å². The fourth-order valence-electron chi connectivity index (χ4n) is 4.08. The van der Waals surface area contributed by atoms with E-state index >= 15 is 0 Å². The fraction of sp³-hybridized carbons (Fsp3) is 0.591. The van der Waals surface area contributed by atoms with Crippen molar-refractivity contribution in [3.8, 4) is 0 Å². The van der Waals surface area contributed by atoms with E-state index < -0.39 is 17.5 Å². The Bertz CT molecular complexity index is 785. The number of halogens is 2. The number of amides is 2. The highest BCUT2D eigenvalue weighted by molar-refractivity contribution is 5.94. The number of likely N-dealkylation sites (tertiary alicyclic amines) is 2. The summed E-state index contributed by atoms with van der Waals surface area (Å²) in [7, 11) is 0. The Morgan fingerprint density at radius 1 is 0.967 bits per heavy atom. The van der Waals surface area contributed by atoms with Gasteiger partial charge >= 0.3 is 5.97 Å². The molecule has 0 N–H and O–H groups in total. The highest BCUT2D eigenvalue weighted by atomic mass is 19.1. The van der Waals surface area contributed by atoms with Gasteiger partial charge < -0.3 is 14.5 Å². The van der Waals surface area contributed by atoms with Crippen LogP contribution in [-0.4, -0.2) is 60.4 Å². The number of esters is 1. The molecular weight excluding hydrogens is 394 g/mol. The van der Waals surface area contributed by atoms with Crippen molar-refractivity contribution >= 4 is 17.8 Å². The Hall–Kier alpha value is -2.51. The van der Waals surface area contributed by atoms with Gasteiger partial charge in [-0.25, -0.2) is 8.78 Å². The van der Waals surface area contributed by atoms with Crippen molar-refractivity contribution in [2.45, 2.75) is 39.0 Å². The molecule has 2 amide bonds. The largest absolute Gasteiger partial charge is 0.465 e. The van der Waals surface area contributed by atoms with Crippen LogP contribution in [0.1, 0.15) is 49.4 Å². The quantitative estimate of drug-likeness (QED) is 0.685. The Labute approximate surface area is 175 Å². The summed E-state index contributed by atoms with van der Waals surface area (Å²) in [6.45, 7) is 4.15. The highest BCUT2D eigenvalue weighted by Crippen LogP contribution is 2.25. The zero-order chi connectivity index (χ0) is 21.7. The van der Waals surface area contributed by atoms with E-state index in [9.17, 15) is 23.2 Å². The van der Waals surface area contributed by atoms with Gasteiger partial charge in [-0.05, 0) is 44.2 Å². The Balaban J connectivity index is 1.47. The molecule has 3 rings (SSSR count). The lowest BCUT2D eigenvalue weighted by Crippen LogP contribution is -2.47. The maximum absolute atomic E-state index is 13.9. The van der Waals surface area contributed by atoms with Crippen LogP contribution in [0.3, 0.4) is 0 Å². The molecule has 0 radical (unpaired) electrons. The summed E-state index contributed by atoms with van der Waals surface area (Å²) in [6.07, 6.45) is 3.01. The predicted molar refractivity (Wildman–Crippen MR) is 106 cm³/mol. The first-order chi connectivity index (χ1) is 14.4. The number of ether oxygens (including phenoxy) is 1. The second-order valence-electron chi connectivity index (χ2n) is 7.96. The van der Waals surface area contributed by atoms with Crippen LogP contribution in [0.2, 0.25) is 0 Å². The molecule has 30 heavy (non-hydrogen) atoms. The molecule has 6 nitrogen and oxygen atoms in total. The summed E-state index contributed by atoms with van der Waals surface area (Å²) in [6, 6.07) is 2.92. The summed E-state index contributed by atoms with van der Waals surface area (Å²) in [5, 5.41) is 0. The maximum Gasteiger partial charge on any atom is 0.309 e. The lowest BCUT2D eigenvalue weighted by molar-refractivity contribution is -0.152. The molecule has 2 saturated heterocycles. The van der Waals surface area contributed by atoms with E-state index in [1.807, 2.05) is 6.92 Å². The molecule has 0 aliphatic carbocycles. The Kier molecular flexibility index (Phi) is 7.39. The molecule has 1 aromatic carbocycles. The first-order valence-corrected chi connectivity index (χ1v) is 10.6. The second-order valence-corrected chi connectivity index (χ2v) is 7.96. The number of rotatable bonds is 5. The van der Waals surface area contributed by atoms with Crippen molar-refractivity contribution in [3.05, 3.63) is 35.4 Å². The first kappa shape index (κ1) is 22.2. The van der Waals surface area contributed by atoms with E-state index in [1.54, 1.807) is 4.90 Å². The molecule has 0 unspecified atom stereocenters. The van der Waals surface area contributed by atoms with Crippen LogP contribution in [0.4, 0.5) is 8.78 Å². The molecule has 2 fully saturated rings. The molecule has 0 bridgehead atoms. The van der Waals surface area contributed by atoms with E-state index in [-0.39, 0.29) is 29.3 Å². The normalized spacial score (nSPS) is 18.4. The van der Waals surface area contributed by atoms with Gasteiger partial charge in [-0.15, -0.1) is 0 Å². The van der Waals surface area contributed by atoms with Crippen LogP contribution in [0, 0.1) is 23.5 Å². The molecule has 2 aliphatic heterocycles. The van der Waals surface area contributed by atoms with E-state index in [1.165, 1.54) is 4.90 Å². The number of hydrogen-bond acceptors (Lipinski definition) is 4. The minimum absolute atomic E-state index is 0.0513. The first-order valence-electron chi connectivity index (χ1n) is 10.6. The van der Waals surface area contributed by atoms with Crippen molar-refractivity contribution in [3.63, 3.8) is 0 Å². The highest BCUT2D eigenvalue weighted by Gasteiger charge is 2.34. The Morgan fingerprint density at radius 3 is 2.17 bits per heavy atom. The number of nitrogens with zero attached hydrogens (tertiary/aromatic N) is 2. The lowest BCUT2D eigenvalue weighted by atomic mass is 9.92. The van der Waals surface area contributed by atoms with Gasteiger partial charge in [0.1, 0.15) is 11.6 Å². The molecule has 0 spiro atoms. The summed E-state index contributed by atoms with van der Waals surface area (Å²) >= 11 is 0. The summed E-state index contributed by atoms with van der Waals surface area (Å²) < 4.78 is 32.1. The molecule has 2 aliphatic rings. The van der Waals surface area contributed by atoms with Gasteiger partial charge in [-0.1, -0.05) is 6.92 Å². The number of hydrogen-bond donors (Lipinski definition) is 0. The van der Waals surface area contributed by atoms with Crippen LogP contribution in [-0.2, 0) is 14.3 Å². The van der Waals surface area contributed by atoms with E-state index in [4.69, 9.17) is 4.74 Å². The minimum atomic E-state index is -0.876. The molecule has 0 aromatic heterocycles. The monoisotopic (exact) mass is 422 g/mol. The molecule has 164 valence electrons. The fourth-order valence-corrected chi connectivity index (χ4v) is 4.08. The number of carbonyl (C=O) groups excluding carboxylic acids is 3. The van der Waals surface area contributed by atoms with E-state index in [0.717, 1.165) is 18.6 Å². The molecule has 0 saturated carbocycles. The minimum Gasteiger partial charge on any atom is -0.465 e. The maximum atomic E-state index is 13.9. The van der Waals surface area contributed by atoms with Gasteiger partial charge in [0.15, 0.2) is 0 Å². The van der Waals surface area contributed by atoms with Gasteiger partial charge in [0.05, 0.1) is 18.1 Å². The molecular formula is C22H28F2N2O4. The zero-order valence-electron chi connectivity index (χ0n) is 17.2. The van der Waals surface area contributed by atoms with Crippen molar-refractivity contribution < 1.29 is 27.9 Å². The molecule has 8 heteroatoms. The zero-order valence-corrected chi connectivity index (χ0v) is 17.2. The van der Waals surface area contributed by atoms with E-state index in [0.29, 0.717) is 64.5 Å². The summed E-state index contributed by atoms with van der Waals surface area (Å²) in [4.78, 5) is 40.6.